The number of hydrogen-bond donors (Lipinski definition) is 0. The first-order valence-corrected chi connectivity index (χ1v) is 15.5. The van der Waals surface area contributed by atoms with Crippen molar-refractivity contribution >= 4 is 39.9 Å². The molecule has 0 bridgehead atoms. The summed E-state index contributed by atoms with van der Waals surface area (Å²) >= 11 is 0. The van der Waals surface area contributed by atoms with Crippen LogP contribution in [0.3, 0.4) is 0 Å². The molecule has 0 N–H and O–H groups in total. The van der Waals surface area contributed by atoms with Crippen LogP contribution in [0.25, 0.3) is 21.8 Å². The van der Waals surface area contributed by atoms with Crippen molar-refractivity contribution in [3.63, 3.8) is 0 Å². The van der Waals surface area contributed by atoms with E-state index in [0.29, 0.717) is 0 Å². The van der Waals surface area contributed by atoms with Crippen molar-refractivity contribution in [2.75, 3.05) is 46.4 Å². The number of carbonyl (C=O) groups excluding carboxylic acids is 3. The molecule has 5 rings (SSSR count). The predicted molar refractivity (Wildman–Crippen MR) is 174 cm³/mol. The quantitative estimate of drug-likeness (QED) is 0.227. The molecule has 0 saturated carbocycles. The summed E-state index contributed by atoms with van der Waals surface area (Å²) in [6, 6.07) is 18.6. The molecule has 3 aromatic carbocycles. The first-order valence-electron chi connectivity index (χ1n) is 15.5. The van der Waals surface area contributed by atoms with Gasteiger partial charge >= 0.3 is 12.2 Å². The Hall–Kier alpha value is -4.80. The zero-order chi connectivity index (χ0) is 33.0. The second-order valence-corrected chi connectivity index (χ2v) is 12.3. The van der Waals surface area contributed by atoms with Gasteiger partial charge in [-0.05, 0) is 69.7 Å². The number of hydrogen-bond acceptors (Lipinski definition) is 6. The molecule has 11 heteroatoms. The van der Waals surface area contributed by atoms with E-state index in [0.717, 1.165) is 40.0 Å². The highest BCUT2D eigenvalue weighted by atomic mass is 19.1. The van der Waals surface area contributed by atoms with Crippen LogP contribution < -0.4 is 4.74 Å². The Morgan fingerprint density at radius 1 is 0.891 bits per heavy atom. The SMILES string of the molecule is CCn1c2ccccc2c2cc(CN(CCOC(=O)N3CCN(C(=O)c4ccc(OC)c(F)c4)CC3)C(=O)OC(C)(C)C)ccc21. The van der Waals surface area contributed by atoms with Gasteiger partial charge in [0.15, 0.2) is 11.6 Å². The third kappa shape index (κ3) is 7.19. The molecule has 3 amide bonds. The average molecular weight is 633 g/mol. The molecule has 1 aromatic heterocycles. The Balaban J connectivity index is 1.20. The number of benzene rings is 3. The number of amides is 3. The third-order valence-electron chi connectivity index (χ3n) is 7.99. The Morgan fingerprint density at radius 2 is 1.59 bits per heavy atom. The lowest BCUT2D eigenvalue weighted by atomic mass is 10.1. The Labute approximate surface area is 268 Å². The maximum absolute atomic E-state index is 14.1. The summed E-state index contributed by atoms with van der Waals surface area (Å²) in [5.74, 6) is -0.864. The molecule has 1 aliphatic heterocycles. The van der Waals surface area contributed by atoms with Gasteiger partial charge in [0.05, 0.1) is 13.7 Å². The van der Waals surface area contributed by atoms with Crippen LogP contribution in [0.1, 0.15) is 43.6 Å². The van der Waals surface area contributed by atoms with Crippen molar-refractivity contribution in [1.82, 2.24) is 19.3 Å². The lowest BCUT2D eigenvalue weighted by molar-refractivity contribution is 0.0167. The zero-order valence-electron chi connectivity index (χ0n) is 27.0. The molecule has 1 fully saturated rings. The smallest absolute Gasteiger partial charge is 0.410 e. The van der Waals surface area contributed by atoms with Crippen molar-refractivity contribution in [2.45, 2.75) is 46.4 Å². The number of aromatic nitrogens is 1. The summed E-state index contributed by atoms with van der Waals surface area (Å²) in [4.78, 5) is 43.6. The Bertz CT molecular complexity index is 1740. The highest BCUT2D eigenvalue weighted by Crippen LogP contribution is 2.30. The number of piperazine rings is 1. The van der Waals surface area contributed by atoms with Crippen LogP contribution in [0.5, 0.6) is 5.75 Å². The number of para-hydroxylation sites is 1. The molecule has 0 radical (unpaired) electrons. The van der Waals surface area contributed by atoms with Gasteiger partial charge in [-0.25, -0.2) is 14.0 Å². The van der Waals surface area contributed by atoms with Gasteiger partial charge < -0.3 is 33.5 Å². The first kappa shape index (κ1) is 32.6. The molecule has 0 unspecified atom stereocenters. The van der Waals surface area contributed by atoms with E-state index in [4.69, 9.17) is 14.2 Å². The number of aryl methyl sites for hydroxylation is 1. The van der Waals surface area contributed by atoms with Gasteiger partial charge in [-0.15, -0.1) is 0 Å². The fourth-order valence-corrected chi connectivity index (χ4v) is 5.73. The van der Waals surface area contributed by atoms with E-state index >= 15 is 0 Å². The number of rotatable bonds is 8. The van der Waals surface area contributed by atoms with E-state index in [2.05, 4.69) is 35.8 Å². The summed E-state index contributed by atoms with van der Waals surface area (Å²) in [6.07, 6.45) is -1.03. The van der Waals surface area contributed by atoms with E-state index in [1.807, 2.05) is 39.0 Å². The van der Waals surface area contributed by atoms with E-state index in [-0.39, 0.29) is 63.1 Å². The first-order chi connectivity index (χ1) is 22.0. The van der Waals surface area contributed by atoms with Crippen LogP contribution in [0.4, 0.5) is 14.0 Å². The lowest BCUT2D eigenvalue weighted by Crippen LogP contribution is -2.51. The molecular formula is C35H41FN4O6. The second-order valence-electron chi connectivity index (χ2n) is 12.3. The van der Waals surface area contributed by atoms with E-state index in [1.54, 1.807) is 9.80 Å². The van der Waals surface area contributed by atoms with Gasteiger partial charge in [-0.2, -0.15) is 0 Å². The molecular weight excluding hydrogens is 591 g/mol. The molecule has 46 heavy (non-hydrogen) atoms. The van der Waals surface area contributed by atoms with Gasteiger partial charge in [0.1, 0.15) is 12.2 Å². The third-order valence-corrected chi connectivity index (χ3v) is 7.99. The zero-order valence-corrected chi connectivity index (χ0v) is 27.0. The summed E-state index contributed by atoms with van der Waals surface area (Å²) in [5, 5.41) is 2.26. The number of fused-ring (bicyclic) bond motifs is 3. The summed E-state index contributed by atoms with van der Waals surface area (Å²) < 4.78 is 32.5. The number of ether oxygens (including phenoxy) is 3. The van der Waals surface area contributed by atoms with Gasteiger partial charge in [0.2, 0.25) is 0 Å². The van der Waals surface area contributed by atoms with E-state index < -0.39 is 23.6 Å². The van der Waals surface area contributed by atoms with Crippen LogP contribution in [0.15, 0.2) is 60.7 Å². The van der Waals surface area contributed by atoms with Crippen LogP contribution in [-0.2, 0) is 22.6 Å². The maximum atomic E-state index is 14.1. The van der Waals surface area contributed by atoms with Crippen molar-refractivity contribution in [2.24, 2.45) is 0 Å². The molecule has 0 atom stereocenters. The van der Waals surface area contributed by atoms with Gasteiger partial charge in [-0.1, -0.05) is 24.3 Å². The van der Waals surface area contributed by atoms with Crippen molar-refractivity contribution in [3.8, 4) is 5.75 Å². The minimum Gasteiger partial charge on any atom is -0.494 e. The topological polar surface area (TPSA) is 93.5 Å². The van der Waals surface area contributed by atoms with Crippen LogP contribution in [0, 0.1) is 5.82 Å². The normalized spacial score (nSPS) is 13.6. The lowest BCUT2D eigenvalue weighted by Gasteiger charge is -2.34. The maximum Gasteiger partial charge on any atom is 0.410 e. The Kier molecular flexibility index (Phi) is 9.69. The number of methoxy groups -OCH3 is 1. The minimum absolute atomic E-state index is 0.0280. The number of carbonyl (C=O) groups is 3. The minimum atomic E-state index is -0.695. The van der Waals surface area contributed by atoms with E-state index in [9.17, 15) is 18.8 Å². The molecule has 10 nitrogen and oxygen atoms in total. The van der Waals surface area contributed by atoms with Crippen molar-refractivity contribution in [3.05, 3.63) is 77.6 Å². The van der Waals surface area contributed by atoms with E-state index in [1.165, 1.54) is 24.1 Å². The van der Waals surface area contributed by atoms with Gasteiger partial charge in [0, 0.05) is 66.6 Å². The van der Waals surface area contributed by atoms with Gasteiger partial charge in [-0.3, -0.25) is 4.79 Å². The Morgan fingerprint density at radius 3 is 2.26 bits per heavy atom. The van der Waals surface area contributed by atoms with Crippen LogP contribution >= 0.6 is 0 Å². The highest BCUT2D eigenvalue weighted by Gasteiger charge is 2.27. The van der Waals surface area contributed by atoms with Crippen molar-refractivity contribution in [1.29, 1.82) is 0 Å². The van der Waals surface area contributed by atoms with Crippen molar-refractivity contribution < 1.29 is 33.0 Å². The average Bonchev–Trinajstić information content (AvgIpc) is 3.36. The van der Waals surface area contributed by atoms with Crippen LogP contribution in [-0.4, -0.2) is 89.4 Å². The monoisotopic (exact) mass is 632 g/mol. The summed E-state index contributed by atoms with van der Waals surface area (Å²) in [6.45, 7) is 9.87. The fourth-order valence-electron chi connectivity index (χ4n) is 5.73. The molecule has 0 aliphatic carbocycles. The van der Waals surface area contributed by atoms with Crippen LogP contribution in [0.2, 0.25) is 0 Å². The summed E-state index contributed by atoms with van der Waals surface area (Å²) in [7, 11) is 1.36. The largest absolute Gasteiger partial charge is 0.494 e. The summed E-state index contributed by atoms with van der Waals surface area (Å²) in [5.41, 5.74) is 2.74. The molecule has 244 valence electrons. The molecule has 1 aliphatic rings. The van der Waals surface area contributed by atoms with Gasteiger partial charge in [0.25, 0.3) is 5.91 Å². The number of nitrogens with zero attached hydrogens (tertiary/aromatic N) is 4. The molecule has 0 spiro atoms. The molecule has 1 saturated heterocycles. The number of halogens is 1. The highest BCUT2D eigenvalue weighted by molar-refractivity contribution is 6.08. The fraction of sp³-hybridized carbons (Fsp3) is 0.400. The second kappa shape index (κ2) is 13.7. The molecule has 2 heterocycles. The standard InChI is InChI=1S/C35H41FN4O6/c1-6-40-29-10-8-7-9-26(29)27-21-24(11-13-30(27)40)23-39(34(43)46-35(2,3)4)19-20-45-33(42)38-17-15-37(16-18-38)32(41)25-12-14-31(44-5)28(36)22-25/h7-14,21-22H,6,15-20,23H2,1-5H3. The predicted octanol–water partition coefficient (Wildman–Crippen LogP) is 6.29. The molecule has 4 aromatic rings.